The summed E-state index contributed by atoms with van der Waals surface area (Å²) in [5.41, 5.74) is 0. The molecule has 1 rings (SSSR count). The highest BCUT2D eigenvalue weighted by atomic mass is 16.2. The molecule has 0 bridgehead atoms. The third-order valence-corrected chi connectivity index (χ3v) is 3.35. The first-order valence-electron chi connectivity index (χ1n) is 6.31. The minimum atomic E-state index is 0.210. The molecule has 1 saturated carbocycles. The number of nitriles is 1. The third kappa shape index (κ3) is 3.84. The van der Waals surface area contributed by atoms with Crippen LogP contribution < -0.4 is 0 Å². The van der Waals surface area contributed by atoms with Crippen molar-refractivity contribution in [2.24, 2.45) is 5.92 Å². The predicted octanol–water partition coefficient (Wildman–Crippen LogP) is 2.72. The summed E-state index contributed by atoms with van der Waals surface area (Å²) in [6, 6.07) is 2.32. The quantitative estimate of drug-likeness (QED) is 0.718. The highest BCUT2D eigenvalue weighted by Gasteiger charge is 2.23. The topological polar surface area (TPSA) is 44.1 Å². The Labute approximate surface area is 98.4 Å². The Bertz CT molecular complexity index is 262. The van der Waals surface area contributed by atoms with Crippen LogP contribution >= 0.6 is 0 Å². The molecule has 0 aromatic carbocycles. The van der Waals surface area contributed by atoms with Crippen molar-refractivity contribution >= 4 is 5.91 Å². The van der Waals surface area contributed by atoms with E-state index in [2.05, 4.69) is 6.07 Å². The van der Waals surface area contributed by atoms with Gasteiger partial charge in [-0.25, -0.2) is 0 Å². The van der Waals surface area contributed by atoms with Crippen molar-refractivity contribution in [2.45, 2.75) is 58.4 Å². The Balaban J connectivity index is 2.43. The maximum absolute atomic E-state index is 12.1. The van der Waals surface area contributed by atoms with Crippen molar-refractivity contribution in [3.05, 3.63) is 0 Å². The van der Waals surface area contributed by atoms with E-state index in [9.17, 15) is 4.79 Å². The van der Waals surface area contributed by atoms with Gasteiger partial charge in [0.05, 0.1) is 12.5 Å². The summed E-state index contributed by atoms with van der Waals surface area (Å²) >= 11 is 0. The summed E-state index contributed by atoms with van der Waals surface area (Å²) in [6.45, 7) is 4.62. The zero-order valence-corrected chi connectivity index (χ0v) is 10.4. The highest BCUT2D eigenvalue weighted by Crippen LogP contribution is 2.28. The lowest BCUT2D eigenvalue weighted by Crippen LogP contribution is -2.38. The second-order valence-corrected chi connectivity index (χ2v) is 4.94. The van der Waals surface area contributed by atoms with Crippen molar-refractivity contribution in [1.82, 2.24) is 4.90 Å². The van der Waals surface area contributed by atoms with Gasteiger partial charge in [0.15, 0.2) is 0 Å². The van der Waals surface area contributed by atoms with Gasteiger partial charge < -0.3 is 4.90 Å². The molecule has 90 valence electrons. The first-order chi connectivity index (χ1) is 7.65. The zero-order valence-electron chi connectivity index (χ0n) is 10.4. The van der Waals surface area contributed by atoms with E-state index >= 15 is 0 Å². The lowest BCUT2D eigenvalue weighted by molar-refractivity contribution is -0.133. The molecule has 3 nitrogen and oxygen atoms in total. The van der Waals surface area contributed by atoms with Crippen LogP contribution in [0.4, 0.5) is 0 Å². The highest BCUT2D eigenvalue weighted by molar-refractivity contribution is 5.76. The van der Waals surface area contributed by atoms with Gasteiger partial charge in [-0.2, -0.15) is 5.26 Å². The summed E-state index contributed by atoms with van der Waals surface area (Å²) in [7, 11) is 0. The molecule has 1 aliphatic carbocycles. The van der Waals surface area contributed by atoms with E-state index in [1.165, 1.54) is 25.7 Å². The lowest BCUT2D eigenvalue weighted by atomic mass is 10.0. The summed E-state index contributed by atoms with van der Waals surface area (Å²) in [6.07, 6.45) is 6.08. The SMILES string of the molecule is CC(C)N(CCC#N)C(=O)CC1CCCC1. The molecule has 1 aliphatic rings. The maximum atomic E-state index is 12.1. The van der Waals surface area contributed by atoms with Gasteiger partial charge in [-0.15, -0.1) is 0 Å². The maximum Gasteiger partial charge on any atom is 0.223 e. The Kier molecular flexibility index (Phi) is 5.31. The van der Waals surface area contributed by atoms with Gasteiger partial charge in [-0.1, -0.05) is 12.8 Å². The Morgan fingerprint density at radius 3 is 2.56 bits per heavy atom. The van der Waals surface area contributed by atoms with Gasteiger partial charge in [-0.05, 0) is 32.6 Å². The minimum absolute atomic E-state index is 0.210. The number of hydrogen-bond donors (Lipinski definition) is 0. The fourth-order valence-electron chi connectivity index (χ4n) is 2.42. The van der Waals surface area contributed by atoms with Crippen LogP contribution in [0.5, 0.6) is 0 Å². The molecule has 0 radical (unpaired) electrons. The van der Waals surface area contributed by atoms with Crippen LogP contribution in [-0.2, 0) is 4.79 Å². The Morgan fingerprint density at radius 1 is 1.44 bits per heavy atom. The number of amides is 1. The summed E-state index contributed by atoms with van der Waals surface area (Å²) < 4.78 is 0. The normalized spacial score (nSPS) is 16.4. The van der Waals surface area contributed by atoms with Crippen molar-refractivity contribution in [3.8, 4) is 6.07 Å². The zero-order chi connectivity index (χ0) is 12.0. The van der Waals surface area contributed by atoms with Gasteiger partial charge >= 0.3 is 0 Å². The molecule has 1 amide bonds. The molecule has 0 aromatic heterocycles. The van der Waals surface area contributed by atoms with E-state index < -0.39 is 0 Å². The van der Waals surface area contributed by atoms with Gasteiger partial charge in [0.2, 0.25) is 5.91 Å². The molecular weight excluding hydrogens is 200 g/mol. The van der Waals surface area contributed by atoms with Gasteiger partial charge in [-0.3, -0.25) is 4.79 Å². The first kappa shape index (κ1) is 13.0. The smallest absolute Gasteiger partial charge is 0.223 e. The summed E-state index contributed by atoms with van der Waals surface area (Å²) in [5, 5.41) is 8.57. The number of carbonyl (C=O) groups excluding carboxylic acids is 1. The van der Waals surface area contributed by atoms with E-state index in [1.807, 2.05) is 18.7 Å². The van der Waals surface area contributed by atoms with E-state index in [-0.39, 0.29) is 11.9 Å². The Morgan fingerprint density at radius 2 is 2.06 bits per heavy atom. The number of carbonyl (C=O) groups is 1. The van der Waals surface area contributed by atoms with Gasteiger partial charge in [0.1, 0.15) is 0 Å². The molecule has 0 atom stereocenters. The molecule has 0 aliphatic heterocycles. The Hall–Kier alpha value is -1.04. The third-order valence-electron chi connectivity index (χ3n) is 3.35. The van der Waals surface area contributed by atoms with Crippen LogP contribution in [0.25, 0.3) is 0 Å². The molecule has 0 unspecified atom stereocenters. The van der Waals surface area contributed by atoms with Crippen molar-refractivity contribution < 1.29 is 4.79 Å². The lowest BCUT2D eigenvalue weighted by Gasteiger charge is -2.27. The van der Waals surface area contributed by atoms with Crippen LogP contribution in [0.1, 0.15) is 52.4 Å². The predicted molar refractivity (Wildman–Crippen MR) is 63.7 cm³/mol. The minimum Gasteiger partial charge on any atom is -0.339 e. The van der Waals surface area contributed by atoms with E-state index in [4.69, 9.17) is 5.26 Å². The molecule has 1 fully saturated rings. The van der Waals surface area contributed by atoms with Gasteiger partial charge in [0.25, 0.3) is 0 Å². The van der Waals surface area contributed by atoms with Crippen LogP contribution in [0.3, 0.4) is 0 Å². The number of rotatable bonds is 5. The van der Waals surface area contributed by atoms with Crippen molar-refractivity contribution in [2.75, 3.05) is 6.54 Å². The summed E-state index contributed by atoms with van der Waals surface area (Å²) in [4.78, 5) is 13.9. The van der Waals surface area contributed by atoms with Crippen LogP contribution in [0.15, 0.2) is 0 Å². The molecule has 3 heteroatoms. The van der Waals surface area contributed by atoms with E-state index in [0.717, 1.165) is 0 Å². The monoisotopic (exact) mass is 222 g/mol. The molecule has 0 spiro atoms. The largest absolute Gasteiger partial charge is 0.339 e. The molecule has 16 heavy (non-hydrogen) atoms. The van der Waals surface area contributed by atoms with E-state index in [0.29, 0.717) is 25.3 Å². The average molecular weight is 222 g/mol. The standard InChI is InChI=1S/C13H22N2O/c1-11(2)15(9-5-8-14)13(16)10-12-6-3-4-7-12/h11-12H,3-7,9-10H2,1-2H3. The fourth-order valence-corrected chi connectivity index (χ4v) is 2.42. The average Bonchev–Trinajstić information content (AvgIpc) is 2.70. The van der Waals surface area contributed by atoms with Crippen LogP contribution in [0, 0.1) is 17.2 Å². The van der Waals surface area contributed by atoms with Crippen LogP contribution in [-0.4, -0.2) is 23.4 Å². The molecule has 0 N–H and O–H groups in total. The van der Waals surface area contributed by atoms with Gasteiger partial charge in [0, 0.05) is 19.0 Å². The molecule has 0 aromatic rings. The number of nitrogens with zero attached hydrogens (tertiary/aromatic N) is 2. The molecular formula is C13H22N2O. The van der Waals surface area contributed by atoms with Crippen molar-refractivity contribution in [3.63, 3.8) is 0 Å². The van der Waals surface area contributed by atoms with Crippen LogP contribution in [0.2, 0.25) is 0 Å². The number of hydrogen-bond acceptors (Lipinski definition) is 2. The second kappa shape index (κ2) is 6.52. The second-order valence-electron chi connectivity index (χ2n) is 4.94. The van der Waals surface area contributed by atoms with Crippen molar-refractivity contribution in [1.29, 1.82) is 5.26 Å². The molecule has 0 heterocycles. The fraction of sp³-hybridized carbons (Fsp3) is 0.846. The first-order valence-corrected chi connectivity index (χ1v) is 6.31. The van der Waals surface area contributed by atoms with E-state index in [1.54, 1.807) is 0 Å². The molecule has 0 saturated heterocycles. The summed E-state index contributed by atoms with van der Waals surface area (Å²) in [5.74, 6) is 0.827.